The summed E-state index contributed by atoms with van der Waals surface area (Å²) in [7, 11) is 0. The van der Waals surface area contributed by atoms with Gasteiger partial charge in [0.15, 0.2) is 5.96 Å². The van der Waals surface area contributed by atoms with Crippen LogP contribution in [0.15, 0.2) is 41.4 Å². The van der Waals surface area contributed by atoms with Gasteiger partial charge in [-0.25, -0.2) is 4.99 Å². The number of nitrogens with one attached hydrogen (secondary N) is 2. The minimum Gasteiger partial charge on any atom is -0.379 e. The Morgan fingerprint density at radius 2 is 1.90 bits per heavy atom. The SMILES string of the molecule is CCNC(=NCc1cccc(N2CC=CC2)c1)NCC(CC(C)C)N1CCOCC1. The molecule has 1 aromatic carbocycles. The third kappa shape index (κ3) is 7.03. The molecule has 1 saturated heterocycles. The van der Waals surface area contributed by atoms with E-state index in [0.717, 1.165) is 58.4 Å². The largest absolute Gasteiger partial charge is 0.379 e. The molecule has 2 N–H and O–H groups in total. The molecule has 0 amide bonds. The number of guanidine groups is 1. The van der Waals surface area contributed by atoms with Crippen molar-refractivity contribution >= 4 is 11.6 Å². The molecule has 6 heteroatoms. The van der Waals surface area contributed by atoms with Crippen LogP contribution in [0.4, 0.5) is 5.69 Å². The molecule has 166 valence electrons. The molecule has 2 aliphatic rings. The summed E-state index contributed by atoms with van der Waals surface area (Å²) in [5.74, 6) is 1.56. The predicted molar refractivity (Wildman–Crippen MR) is 126 cm³/mol. The van der Waals surface area contributed by atoms with Gasteiger partial charge < -0.3 is 20.3 Å². The van der Waals surface area contributed by atoms with E-state index >= 15 is 0 Å². The molecule has 1 fully saturated rings. The zero-order chi connectivity index (χ0) is 21.2. The van der Waals surface area contributed by atoms with Crippen molar-refractivity contribution in [1.82, 2.24) is 15.5 Å². The summed E-state index contributed by atoms with van der Waals surface area (Å²) in [4.78, 5) is 9.80. The Kier molecular flexibility index (Phi) is 9.02. The molecule has 1 unspecified atom stereocenters. The van der Waals surface area contributed by atoms with Gasteiger partial charge in [-0.05, 0) is 37.0 Å². The number of ether oxygens (including phenoxy) is 1. The van der Waals surface area contributed by atoms with Crippen LogP contribution in [-0.4, -0.2) is 69.4 Å². The first-order valence-electron chi connectivity index (χ1n) is 11.5. The van der Waals surface area contributed by atoms with Crippen LogP contribution in [0, 0.1) is 5.92 Å². The topological polar surface area (TPSA) is 52.1 Å². The minimum absolute atomic E-state index is 0.503. The second kappa shape index (κ2) is 12.0. The van der Waals surface area contributed by atoms with E-state index in [1.165, 1.54) is 17.7 Å². The molecule has 0 bridgehead atoms. The molecule has 0 radical (unpaired) electrons. The van der Waals surface area contributed by atoms with Gasteiger partial charge in [0.2, 0.25) is 0 Å². The Labute approximate surface area is 182 Å². The molecule has 3 rings (SSSR count). The van der Waals surface area contributed by atoms with Gasteiger partial charge in [-0.2, -0.15) is 0 Å². The Morgan fingerprint density at radius 3 is 2.60 bits per heavy atom. The molecular weight excluding hydrogens is 374 g/mol. The number of hydrogen-bond acceptors (Lipinski definition) is 4. The fourth-order valence-electron chi connectivity index (χ4n) is 4.12. The zero-order valence-electron chi connectivity index (χ0n) is 18.9. The Balaban J connectivity index is 1.59. The molecule has 0 spiro atoms. The van der Waals surface area contributed by atoms with Gasteiger partial charge in [0.25, 0.3) is 0 Å². The van der Waals surface area contributed by atoms with Crippen LogP contribution in [-0.2, 0) is 11.3 Å². The average Bonchev–Trinajstić information content (AvgIpc) is 3.30. The van der Waals surface area contributed by atoms with E-state index in [0.29, 0.717) is 18.5 Å². The maximum Gasteiger partial charge on any atom is 0.191 e. The van der Waals surface area contributed by atoms with Gasteiger partial charge in [-0.3, -0.25) is 4.90 Å². The van der Waals surface area contributed by atoms with Gasteiger partial charge in [0, 0.05) is 51.0 Å². The van der Waals surface area contributed by atoms with Crippen molar-refractivity contribution in [3.8, 4) is 0 Å². The summed E-state index contributed by atoms with van der Waals surface area (Å²) in [6.07, 6.45) is 5.62. The molecule has 0 aromatic heterocycles. The van der Waals surface area contributed by atoms with E-state index in [1.54, 1.807) is 0 Å². The predicted octanol–water partition coefficient (Wildman–Crippen LogP) is 2.86. The smallest absolute Gasteiger partial charge is 0.191 e. The van der Waals surface area contributed by atoms with Gasteiger partial charge in [0.1, 0.15) is 0 Å². The molecule has 2 heterocycles. The number of nitrogens with zero attached hydrogens (tertiary/aromatic N) is 3. The number of benzene rings is 1. The van der Waals surface area contributed by atoms with Crippen LogP contribution in [0.5, 0.6) is 0 Å². The number of aliphatic imine (C=N–C) groups is 1. The first-order chi connectivity index (χ1) is 14.7. The van der Waals surface area contributed by atoms with Crippen LogP contribution < -0.4 is 15.5 Å². The molecule has 30 heavy (non-hydrogen) atoms. The molecule has 1 aromatic rings. The molecule has 1 atom stereocenters. The van der Waals surface area contributed by atoms with Crippen LogP contribution in [0.25, 0.3) is 0 Å². The molecular formula is C24H39N5O. The normalized spacial score (nSPS) is 18.8. The van der Waals surface area contributed by atoms with Crippen LogP contribution in [0.3, 0.4) is 0 Å². The molecule has 2 aliphatic heterocycles. The van der Waals surface area contributed by atoms with Crippen molar-refractivity contribution in [2.45, 2.75) is 39.8 Å². The van der Waals surface area contributed by atoms with E-state index in [1.807, 2.05) is 0 Å². The molecule has 0 saturated carbocycles. The van der Waals surface area contributed by atoms with Crippen molar-refractivity contribution in [3.63, 3.8) is 0 Å². The number of anilines is 1. The van der Waals surface area contributed by atoms with Gasteiger partial charge in [-0.15, -0.1) is 0 Å². The highest BCUT2D eigenvalue weighted by Gasteiger charge is 2.22. The maximum atomic E-state index is 5.55. The fourth-order valence-corrected chi connectivity index (χ4v) is 4.12. The first kappa shape index (κ1) is 22.6. The number of hydrogen-bond donors (Lipinski definition) is 2. The third-order valence-corrected chi connectivity index (χ3v) is 5.67. The number of morpholine rings is 1. The average molecular weight is 414 g/mol. The second-order valence-electron chi connectivity index (χ2n) is 8.55. The summed E-state index contributed by atoms with van der Waals surface area (Å²) >= 11 is 0. The Bertz CT molecular complexity index is 689. The molecule has 6 nitrogen and oxygen atoms in total. The number of rotatable bonds is 9. The van der Waals surface area contributed by atoms with E-state index < -0.39 is 0 Å². The van der Waals surface area contributed by atoms with Crippen molar-refractivity contribution in [2.75, 3.05) is 57.4 Å². The van der Waals surface area contributed by atoms with Crippen LogP contribution in [0.1, 0.15) is 32.8 Å². The maximum absolute atomic E-state index is 5.55. The highest BCUT2D eigenvalue weighted by Crippen LogP contribution is 2.19. The fraction of sp³-hybridized carbons (Fsp3) is 0.625. The summed E-state index contributed by atoms with van der Waals surface area (Å²) in [5.41, 5.74) is 2.51. The summed E-state index contributed by atoms with van der Waals surface area (Å²) in [6, 6.07) is 9.24. The lowest BCUT2D eigenvalue weighted by Crippen LogP contribution is -2.51. The van der Waals surface area contributed by atoms with Crippen molar-refractivity contribution in [2.24, 2.45) is 10.9 Å². The van der Waals surface area contributed by atoms with Crippen molar-refractivity contribution in [1.29, 1.82) is 0 Å². The van der Waals surface area contributed by atoms with E-state index in [2.05, 4.69) is 77.6 Å². The summed E-state index contributed by atoms with van der Waals surface area (Å²) in [5, 5.41) is 7.01. The standard InChI is InChI=1S/C24H39N5O/c1-4-25-24(27-19-23(16-20(2)3)29-12-14-30-15-13-29)26-18-21-8-7-9-22(17-21)28-10-5-6-11-28/h5-9,17,20,23H,4,10-16,18-19H2,1-3H3,(H2,25,26,27). The zero-order valence-corrected chi connectivity index (χ0v) is 18.9. The third-order valence-electron chi connectivity index (χ3n) is 5.67. The quantitative estimate of drug-likeness (QED) is 0.370. The van der Waals surface area contributed by atoms with E-state index in [4.69, 9.17) is 9.73 Å². The highest BCUT2D eigenvalue weighted by molar-refractivity contribution is 5.79. The van der Waals surface area contributed by atoms with Gasteiger partial charge in [-0.1, -0.05) is 38.1 Å². The van der Waals surface area contributed by atoms with Crippen LogP contribution >= 0.6 is 0 Å². The Hall–Kier alpha value is -2.05. The lowest BCUT2D eigenvalue weighted by atomic mass is 10.0. The monoisotopic (exact) mass is 413 g/mol. The highest BCUT2D eigenvalue weighted by atomic mass is 16.5. The second-order valence-corrected chi connectivity index (χ2v) is 8.55. The van der Waals surface area contributed by atoms with Crippen molar-refractivity contribution < 1.29 is 4.74 Å². The first-order valence-corrected chi connectivity index (χ1v) is 11.5. The Morgan fingerprint density at radius 1 is 1.13 bits per heavy atom. The molecule has 0 aliphatic carbocycles. The van der Waals surface area contributed by atoms with Crippen LogP contribution in [0.2, 0.25) is 0 Å². The lowest BCUT2D eigenvalue weighted by Gasteiger charge is -2.35. The lowest BCUT2D eigenvalue weighted by molar-refractivity contribution is 0.0132. The summed E-state index contributed by atoms with van der Waals surface area (Å²) < 4.78 is 5.55. The van der Waals surface area contributed by atoms with E-state index in [9.17, 15) is 0 Å². The van der Waals surface area contributed by atoms with Crippen molar-refractivity contribution in [3.05, 3.63) is 42.0 Å². The van der Waals surface area contributed by atoms with E-state index in [-0.39, 0.29) is 0 Å². The van der Waals surface area contributed by atoms with Gasteiger partial charge >= 0.3 is 0 Å². The summed E-state index contributed by atoms with van der Waals surface area (Å²) in [6.45, 7) is 14.9. The van der Waals surface area contributed by atoms with Gasteiger partial charge in [0.05, 0.1) is 19.8 Å². The minimum atomic E-state index is 0.503.